The first-order valence-corrected chi connectivity index (χ1v) is 6.92. The number of hydrogen-bond donors (Lipinski definition) is 1. The molecule has 0 saturated carbocycles. The highest BCUT2D eigenvalue weighted by Crippen LogP contribution is 2.28. The van der Waals surface area contributed by atoms with Gasteiger partial charge < -0.3 is 14.6 Å². The van der Waals surface area contributed by atoms with Crippen molar-refractivity contribution in [2.75, 3.05) is 7.05 Å². The first-order chi connectivity index (χ1) is 9.63. The van der Waals surface area contributed by atoms with E-state index in [4.69, 9.17) is 20.9 Å². The maximum atomic E-state index is 6.21. The first-order valence-electron chi connectivity index (χ1n) is 6.55. The van der Waals surface area contributed by atoms with Crippen molar-refractivity contribution in [1.29, 1.82) is 0 Å². The summed E-state index contributed by atoms with van der Waals surface area (Å²) < 4.78 is 10.6. The third-order valence-electron chi connectivity index (χ3n) is 3.06. The van der Waals surface area contributed by atoms with Crippen LogP contribution in [-0.2, 0) is 13.0 Å². The van der Waals surface area contributed by atoms with Crippen molar-refractivity contribution in [3.05, 3.63) is 40.5 Å². The lowest BCUT2D eigenvalue weighted by Gasteiger charge is -2.12. The fourth-order valence-corrected chi connectivity index (χ4v) is 1.95. The van der Waals surface area contributed by atoms with E-state index in [0.29, 0.717) is 28.9 Å². The van der Waals surface area contributed by atoms with E-state index < -0.39 is 0 Å². The van der Waals surface area contributed by atoms with Crippen LogP contribution in [0.1, 0.15) is 37.2 Å². The van der Waals surface area contributed by atoms with E-state index in [1.54, 1.807) is 0 Å². The van der Waals surface area contributed by atoms with Crippen LogP contribution >= 0.6 is 11.6 Å². The van der Waals surface area contributed by atoms with Gasteiger partial charge in [-0.2, -0.15) is 4.98 Å². The summed E-state index contributed by atoms with van der Waals surface area (Å²) in [6.07, 6.45) is 0.713. The Bertz CT molecular complexity index is 571. The summed E-state index contributed by atoms with van der Waals surface area (Å²) in [5.74, 6) is 1.74. The second-order valence-electron chi connectivity index (χ2n) is 4.45. The molecule has 0 aliphatic carbocycles. The van der Waals surface area contributed by atoms with Gasteiger partial charge in [-0.05, 0) is 31.7 Å². The topological polar surface area (TPSA) is 60.2 Å². The number of aryl methyl sites for hydroxylation is 1. The van der Waals surface area contributed by atoms with E-state index in [1.165, 1.54) is 0 Å². The molecule has 0 aliphatic heterocycles. The second-order valence-corrected chi connectivity index (χ2v) is 4.85. The molecule has 0 bridgehead atoms. The molecule has 6 heteroatoms. The van der Waals surface area contributed by atoms with Gasteiger partial charge in [0.05, 0.1) is 5.02 Å². The van der Waals surface area contributed by atoms with Crippen molar-refractivity contribution in [2.45, 2.75) is 32.9 Å². The van der Waals surface area contributed by atoms with Gasteiger partial charge in [-0.25, -0.2) is 0 Å². The van der Waals surface area contributed by atoms with E-state index in [1.807, 2.05) is 32.2 Å². The molecule has 1 heterocycles. The minimum absolute atomic E-state index is 0.240. The number of rotatable bonds is 6. The maximum Gasteiger partial charge on any atom is 0.226 e. The Morgan fingerprint density at radius 1 is 1.45 bits per heavy atom. The van der Waals surface area contributed by atoms with Gasteiger partial charge in [0, 0.05) is 12.5 Å². The average Bonchev–Trinajstić information content (AvgIpc) is 2.93. The number of aromatic nitrogens is 2. The van der Waals surface area contributed by atoms with E-state index in [-0.39, 0.29) is 12.6 Å². The van der Waals surface area contributed by atoms with Gasteiger partial charge in [0.2, 0.25) is 11.7 Å². The van der Waals surface area contributed by atoms with Crippen LogP contribution in [0.15, 0.2) is 22.7 Å². The molecule has 0 fully saturated rings. The zero-order valence-corrected chi connectivity index (χ0v) is 12.6. The van der Waals surface area contributed by atoms with Crippen molar-refractivity contribution >= 4 is 11.6 Å². The van der Waals surface area contributed by atoms with Crippen molar-refractivity contribution < 1.29 is 9.26 Å². The normalized spacial score (nSPS) is 12.4. The number of hydrogen-bond acceptors (Lipinski definition) is 5. The van der Waals surface area contributed by atoms with Gasteiger partial charge in [0.1, 0.15) is 5.75 Å². The number of halogens is 1. The lowest BCUT2D eigenvalue weighted by Crippen LogP contribution is -2.12. The molecule has 1 aromatic heterocycles. The van der Waals surface area contributed by atoms with Gasteiger partial charge in [0.25, 0.3) is 0 Å². The Morgan fingerprint density at radius 3 is 2.85 bits per heavy atom. The predicted molar refractivity (Wildman–Crippen MR) is 76.9 cm³/mol. The van der Waals surface area contributed by atoms with Crippen LogP contribution in [0.3, 0.4) is 0 Å². The van der Waals surface area contributed by atoms with Gasteiger partial charge in [0.15, 0.2) is 6.61 Å². The minimum atomic E-state index is 0.240. The van der Waals surface area contributed by atoms with Gasteiger partial charge in [-0.1, -0.05) is 29.7 Å². The van der Waals surface area contributed by atoms with Gasteiger partial charge in [-0.15, -0.1) is 0 Å². The van der Waals surface area contributed by atoms with Crippen LogP contribution in [0.2, 0.25) is 5.02 Å². The fraction of sp³-hybridized carbons (Fsp3) is 0.429. The maximum absolute atomic E-state index is 6.21. The van der Waals surface area contributed by atoms with Crippen LogP contribution in [0.4, 0.5) is 0 Å². The number of ether oxygens (including phenoxy) is 1. The lowest BCUT2D eigenvalue weighted by molar-refractivity contribution is 0.285. The molecule has 20 heavy (non-hydrogen) atoms. The molecule has 0 spiro atoms. The van der Waals surface area contributed by atoms with E-state index in [2.05, 4.69) is 22.4 Å². The highest BCUT2D eigenvalue weighted by molar-refractivity contribution is 6.32. The molecular weight excluding hydrogens is 278 g/mol. The van der Waals surface area contributed by atoms with E-state index in [9.17, 15) is 0 Å². The molecule has 1 atom stereocenters. The lowest BCUT2D eigenvalue weighted by atomic mass is 10.1. The molecular formula is C14H18ClN3O2. The summed E-state index contributed by atoms with van der Waals surface area (Å²) in [5, 5.41) is 7.56. The van der Waals surface area contributed by atoms with Crippen LogP contribution in [0, 0.1) is 0 Å². The summed E-state index contributed by atoms with van der Waals surface area (Å²) >= 11 is 6.21. The standard InChI is InChI=1S/C14H18ClN3O2/c1-4-14-17-13(18-20-14)8-19-12-6-5-10(7-11(12)15)9(2)16-3/h5-7,9,16H,4,8H2,1-3H3. The third-order valence-corrected chi connectivity index (χ3v) is 3.35. The Labute approximate surface area is 123 Å². The SMILES string of the molecule is CCc1nc(COc2ccc(C(C)NC)cc2Cl)no1. The molecule has 1 aromatic carbocycles. The Morgan fingerprint density at radius 2 is 2.25 bits per heavy atom. The predicted octanol–water partition coefficient (Wildman–Crippen LogP) is 3.14. The quantitative estimate of drug-likeness (QED) is 0.887. The molecule has 2 aromatic rings. The smallest absolute Gasteiger partial charge is 0.226 e. The van der Waals surface area contributed by atoms with Gasteiger partial charge in [-0.3, -0.25) is 0 Å². The highest BCUT2D eigenvalue weighted by atomic mass is 35.5. The summed E-state index contributed by atoms with van der Waals surface area (Å²) in [6, 6.07) is 5.97. The molecule has 1 N–H and O–H groups in total. The molecule has 108 valence electrons. The Balaban J connectivity index is 2.02. The summed E-state index contributed by atoms with van der Waals surface area (Å²) in [7, 11) is 1.91. The molecule has 2 rings (SSSR count). The summed E-state index contributed by atoms with van der Waals surface area (Å²) in [4.78, 5) is 4.18. The van der Waals surface area contributed by atoms with Crippen LogP contribution < -0.4 is 10.1 Å². The van der Waals surface area contributed by atoms with Crippen molar-refractivity contribution in [1.82, 2.24) is 15.5 Å². The Kier molecular flexibility index (Phi) is 4.98. The molecule has 1 unspecified atom stereocenters. The van der Waals surface area contributed by atoms with Crippen molar-refractivity contribution in [3.63, 3.8) is 0 Å². The zero-order valence-electron chi connectivity index (χ0n) is 11.8. The van der Waals surface area contributed by atoms with Crippen LogP contribution in [0.5, 0.6) is 5.75 Å². The van der Waals surface area contributed by atoms with E-state index >= 15 is 0 Å². The molecule has 5 nitrogen and oxygen atoms in total. The third kappa shape index (κ3) is 3.49. The number of benzene rings is 1. The van der Waals surface area contributed by atoms with Gasteiger partial charge >= 0.3 is 0 Å². The molecule has 0 aliphatic rings. The monoisotopic (exact) mass is 295 g/mol. The van der Waals surface area contributed by atoms with E-state index in [0.717, 1.165) is 5.56 Å². The zero-order chi connectivity index (χ0) is 14.5. The average molecular weight is 296 g/mol. The molecule has 0 saturated heterocycles. The largest absolute Gasteiger partial charge is 0.484 e. The molecule has 0 radical (unpaired) electrons. The summed E-state index contributed by atoms with van der Waals surface area (Å²) in [6.45, 7) is 4.26. The molecule has 0 amide bonds. The first kappa shape index (κ1) is 14.8. The number of nitrogens with one attached hydrogen (secondary N) is 1. The second kappa shape index (κ2) is 6.72. The van der Waals surface area contributed by atoms with Crippen molar-refractivity contribution in [3.8, 4) is 5.75 Å². The minimum Gasteiger partial charge on any atom is -0.484 e. The fourth-order valence-electron chi connectivity index (χ4n) is 1.70. The Hall–Kier alpha value is -1.59. The van der Waals surface area contributed by atoms with Crippen LogP contribution in [-0.4, -0.2) is 17.2 Å². The highest BCUT2D eigenvalue weighted by Gasteiger charge is 2.09. The van der Waals surface area contributed by atoms with Crippen LogP contribution in [0.25, 0.3) is 0 Å². The summed E-state index contributed by atoms with van der Waals surface area (Å²) in [5.41, 5.74) is 1.11. The van der Waals surface area contributed by atoms with Crippen molar-refractivity contribution in [2.24, 2.45) is 0 Å². The number of nitrogens with zero attached hydrogens (tertiary/aromatic N) is 2.